The molecule has 3 nitrogen and oxygen atoms in total. The average Bonchev–Trinajstić information content (AvgIpc) is 2.87. The number of benzene rings is 1. The first kappa shape index (κ1) is 13.1. The van der Waals surface area contributed by atoms with Crippen LogP contribution < -0.4 is 10.1 Å². The third kappa shape index (κ3) is 3.09. The third-order valence-electron chi connectivity index (χ3n) is 2.89. The number of nitrogens with one attached hydrogen (secondary N) is 1. The summed E-state index contributed by atoms with van der Waals surface area (Å²) in [6, 6.07) is 8.50. The summed E-state index contributed by atoms with van der Waals surface area (Å²) in [4.78, 5) is 5.79. The smallest absolute Gasteiger partial charge is 0.123 e. The van der Waals surface area contributed by atoms with Crippen molar-refractivity contribution in [1.82, 2.24) is 10.3 Å². The Morgan fingerprint density at radius 2 is 2.06 bits per heavy atom. The molecule has 1 unspecified atom stereocenters. The SMILES string of the molecule is CNC(C)Cc1cnc(-c2ccc(OC)cc2)s1. The highest BCUT2D eigenvalue weighted by Crippen LogP contribution is 2.27. The van der Waals surface area contributed by atoms with E-state index in [1.807, 2.05) is 37.5 Å². The average molecular weight is 262 g/mol. The van der Waals surface area contributed by atoms with Crippen LogP contribution in [0.3, 0.4) is 0 Å². The molecule has 1 aromatic carbocycles. The fourth-order valence-corrected chi connectivity index (χ4v) is 2.72. The summed E-state index contributed by atoms with van der Waals surface area (Å²) in [5, 5.41) is 4.31. The van der Waals surface area contributed by atoms with Gasteiger partial charge in [-0.3, -0.25) is 0 Å². The number of hydrogen-bond acceptors (Lipinski definition) is 4. The summed E-state index contributed by atoms with van der Waals surface area (Å²) >= 11 is 1.75. The van der Waals surface area contributed by atoms with Crippen molar-refractivity contribution < 1.29 is 4.74 Å². The van der Waals surface area contributed by atoms with Gasteiger partial charge in [-0.15, -0.1) is 11.3 Å². The Bertz CT molecular complexity index is 493. The van der Waals surface area contributed by atoms with Gasteiger partial charge in [0.2, 0.25) is 0 Å². The van der Waals surface area contributed by atoms with E-state index in [4.69, 9.17) is 4.74 Å². The maximum absolute atomic E-state index is 5.15. The lowest BCUT2D eigenvalue weighted by atomic mass is 10.2. The minimum absolute atomic E-state index is 0.481. The predicted octanol–water partition coefficient (Wildman–Crippen LogP) is 2.97. The maximum Gasteiger partial charge on any atom is 0.123 e. The quantitative estimate of drug-likeness (QED) is 0.899. The van der Waals surface area contributed by atoms with E-state index in [2.05, 4.69) is 17.2 Å². The standard InChI is InChI=1S/C14H18N2OS/c1-10(15-2)8-13-9-16-14(18-13)11-4-6-12(17-3)7-5-11/h4-7,9-10,15H,8H2,1-3H3. The van der Waals surface area contributed by atoms with Gasteiger partial charge >= 0.3 is 0 Å². The topological polar surface area (TPSA) is 34.2 Å². The van der Waals surface area contributed by atoms with Crippen molar-refractivity contribution >= 4 is 11.3 Å². The molecule has 1 N–H and O–H groups in total. The van der Waals surface area contributed by atoms with Crippen LogP contribution >= 0.6 is 11.3 Å². The molecular weight excluding hydrogens is 244 g/mol. The lowest BCUT2D eigenvalue weighted by molar-refractivity contribution is 0.415. The second kappa shape index (κ2) is 5.98. The van der Waals surface area contributed by atoms with Crippen molar-refractivity contribution in [2.24, 2.45) is 0 Å². The Morgan fingerprint density at radius 1 is 1.33 bits per heavy atom. The van der Waals surface area contributed by atoms with Crippen molar-refractivity contribution in [1.29, 1.82) is 0 Å². The van der Waals surface area contributed by atoms with Gasteiger partial charge in [-0.25, -0.2) is 4.98 Å². The van der Waals surface area contributed by atoms with E-state index in [0.717, 1.165) is 22.7 Å². The molecule has 2 aromatic rings. The largest absolute Gasteiger partial charge is 0.497 e. The molecule has 0 radical (unpaired) electrons. The first-order chi connectivity index (χ1) is 8.72. The summed E-state index contributed by atoms with van der Waals surface area (Å²) in [7, 11) is 3.66. The molecule has 0 spiro atoms. The summed E-state index contributed by atoms with van der Waals surface area (Å²) in [5.74, 6) is 0.874. The van der Waals surface area contributed by atoms with Crippen LogP contribution in [0, 0.1) is 0 Å². The van der Waals surface area contributed by atoms with E-state index in [0.29, 0.717) is 6.04 Å². The van der Waals surface area contributed by atoms with Crippen LogP contribution in [0.25, 0.3) is 10.6 Å². The summed E-state index contributed by atoms with van der Waals surface area (Å²) < 4.78 is 5.15. The zero-order valence-corrected chi connectivity index (χ0v) is 11.8. The number of rotatable bonds is 5. The molecule has 0 saturated heterocycles. The molecule has 1 aromatic heterocycles. The minimum atomic E-state index is 0.481. The van der Waals surface area contributed by atoms with Gasteiger partial charge in [0.25, 0.3) is 0 Å². The summed E-state index contributed by atoms with van der Waals surface area (Å²) in [5.41, 5.74) is 1.14. The van der Waals surface area contributed by atoms with Crippen molar-refractivity contribution in [2.75, 3.05) is 14.2 Å². The van der Waals surface area contributed by atoms with Crippen molar-refractivity contribution in [3.8, 4) is 16.3 Å². The van der Waals surface area contributed by atoms with Gasteiger partial charge in [0.05, 0.1) is 7.11 Å². The zero-order valence-electron chi connectivity index (χ0n) is 10.9. The lowest BCUT2D eigenvalue weighted by Gasteiger charge is -2.06. The van der Waals surface area contributed by atoms with Crippen LogP contribution in [0.4, 0.5) is 0 Å². The van der Waals surface area contributed by atoms with E-state index in [1.165, 1.54) is 4.88 Å². The van der Waals surface area contributed by atoms with Crippen molar-refractivity contribution in [3.63, 3.8) is 0 Å². The second-order valence-corrected chi connectivity index (χ2v) is 5.37. The summed E-state index contributed by atoms with van der Waals surface area (Å²) in [6.07, 6.45) is 2.99. The molecule has 0 fully saturated rings. The molecule has 0 amide bonds. The van der Waals surface area contributed by atoms with Gasteiger partial charge in [0.1, 0.15) is 10.8 Å². The van der Waals surface area contributed by atoms with Gasteiger partial charge in [-0.05, 0) is 44.7 Å². The molecular formula is C14H18N2OS. The predicted molar refractivity (Wildman–Crippen MR) is 76.3 cm³/mol. The maximum atomic E-state index is 5.15. The van der Waals surface area contributed by atoms with Crippen LogP contribution in [-0.2, 0) is 6.42 Å². The van der Waals surface area contributed by atoms with Crippen LogP contribution in [-0.4, -0.2) is 25.2 Å². The Labute approximate surface area is 112 Å². The molecule has 4 heteroatoms. The zero-order chi connectivity index (χ0) is 13.0. The Morgan fingerprint density at radius 3 is 2.67 bits per heavy atom. The Hall–Kier alpha value is -1.39. The Kier molecular flexibility index (Phi) is 4.33. The van der Waals surface area contributed by atoms with Crippen molar-refractivity contribution in [3.05, 3.63) is 35.3 Å². The van der Waals surface area contributed by atoms with Crippen LogP contribution in [0.1, 0.15) is 11.8 Å². The fraction of sp³-hybridized carbons (Fsp3) is 0.357. The first-order valence-corrected chi connectivity index (χ1v) is 6.81. The van der Waals surface area contributed by atoms with Gasteiger partial charge in [-0.2, -0.15) is 0 Å². The number of likely N-dealkylation sites (N-methyl/N-ethyl adjacent to an activating group) is 1. The number of nitrogens with zero attached hydrogens (tertiary/aromatic N) is 1. The van der Waals surface area contributed by atoms with Crippen LogP contribution in [0.15, 0.2) is 30.5 Å². The molecule has 0 aliphatic heterocycles. The monoisotopic (exact) mass is 262 g/mol. The second-order valence-electron chi connectivity index (χ2n) is 4.25. The van der Waals surface area contributed by atoms with Crippen molar-refractivity contribution in [2.45, 2.75) is 19.4 Å². The molecule has 1 heterocycles. The highest BCUT2D eigenvalue weighted by Gasteiger charge is 2.07. The lowest BCUT2D eigenvalue weighted by Crippen LogP contribution is -2.22. The fourth-order valence-electron chi connectivity index (χ4n) is 1.67. The van der Waals surface area contributed by atoms with E-state index >= 15 is 0 Å². The highest BCUT2D eigenvalue weighted by atomic mass is 32.1. The first-order valence-electron chi connectivity index (χ1n) is 5.99. The molecule has 0 aliphatic rings. The Balaban J connectivity index is 2.13. The highest BCUT2D eigenvalue weighted by molar-refractivity contribution is 7.15. The van der Waals surface area contributed by atoms with E-state index in [-0.39, 0.29) is 0 Å². The number of methoxy groups -OCH3 is 1. The van der Waals surface area contributed by atoms with Gasteiger partial charge in [0, 0.05) is 22.7 Å². The van der Waals surface area contributed by atoms with E-state index in [9.17, 15) is 0 Å². The van der Waals surface area contributed by atoms with E-state index in [1.54, 1.807) is 18.4 Å². The van der Waals surface area contributed by atoms with Gasteiger partial charge in [-0.1, -0.05) is 0 Å². The molecule has 2 rings (SSSR count). The van der Waals surface area contributed by atoms with Gasteiger partial charge < -0.3 is 10.1 Å². The molecule has 0 aliphatic carbocycles. The third-order valence-corrected chi connectivity index (χ3v) is 3.96. The molecule has 0 saturated carbocycles. The minimum Gasteiger partial charge on any atom is -0.497 e. The van der Waals surface area contributed by atoms with E-state index < -0.39 is 0 Å². The summed E-state index contributed by atoms with van der Waals surface area (Å²) in [6.45, 7) is 2.17. The normalized spacial score (nSPS) is 12.4. The molecule has 18 heavy (non-hydrogen) atoms. The number of ether oxygens (including phenoxy) is 1. The van der Waals surface area contributed by atoms with Crippen LogP contribution in [0.2, 0.25) is 0 Å². The molecule has 96 valence electrons. The number of thiazole rings is 1. The van der Waals surface area contributed by atoms with Crippen LogP contribution in [0.5, 0.6) is 5.75 Å². The van der Waals surface area contributed by atoms with Gasteiger partial charge in [0.15, 0.2) is 0 Å². The molecule has 0 bridgehead atoms. The number of aromatic nitrogens is 1. The molecule has 1 atom stereocenters. The number of hydrogen-bond donors (Lipinski definition) is 1.